The average Bonchev–Trinajstić information content (AvgIpc) is 3.07. The van der Waals surface area contributed by atoms with E-state index >= 15 is 0 Å². The zero-order valence-corrected chi connectivity index (χ0v) is 14.4. The maximum absolute atomic E-state index is 11.9. The second kappa shape index (κ2) is 7.63. The van der Waals surface area contributed by atoms with Gasteiger partial charge in [0.25, 0.3) is 5.91 Å². The van der Waals surface area contributed by atoms with Gasteiger partial charge in [-0.1, -0.05) is 29.3 Å². The number of halogens is 2. The molecular weight excluding hydrogens is 369 g/mol. The van der Waals surface area contributed by atoms with Crippen LogP contribution in [0.1, 0.15) is 15.9 Å². The lowest BCUT2D eigenvalue weighted by Gasteiger charge is -2.08. The molecule has 25 heavy (non-hydrogen) atoms. The minimum Gasteiger partial charge on any atom is -0.454 e. The van der Waals surface area contributed by atoms with E-state index in [1.807, 2.05) is 6.07 Å². The van der Waals surface area contributed by atoms with Gasteiger partial charge in [-0.15, -0.1) is 0 Å². The van der Waals surface area contributed by atoms with Gasteiger partial charge in [0, 0.05) is 11.6 Å². The van der Waals surface area contributed by atoms with Gasteiger partial charge in [-0.2, -0.15) is 0 Å². The van der Waals surface area contributed by atoms with Gasteiger partial charge in [-0.25, -0.2) is 4.79 Å². The van der Waals surface area contributed by atoms with Gasteiger partial charge in [0.15, 0.2) is 18.1 Å². The third kappa shape index (κ3) is 4.35. The van der Waals surface area contributed by atoms with Crippen LogP contribution in [-0.4, -0.2) is 25.3 Å². The molecule has 1 heterocycles. The Morgan fingerprint density at radius 1 is 1.08 bits per heavy atom. The van der Waals surface area contributed by atoms with Gasteiger partial charge >= 0.3 is 5.97 Å². The van der Waals surface area contributed by atoms with Gasteiger partial charge in [0.1, 0.15) is 0 Å². The Labute approximate surface area is 153 Å². The van der Waals surface area contributed by atoms with Crippen molar-refractivity contribution in [2.24, 2.45) is 0 Å². The summed E-state index contributed by atoms with van der Waals surface area (Å²) in [6.45, 7) is 0.0321. The molecule has 0 aromatic heterocycles. The molecule has 0 aliphatic carbocycles. The molecule has 2 aromatic rings. The Kier molecular flexibility index (Phi) is 5.31. The second-order valence-corrected chi connectivity index (χ2v) is 6.01. The largest absolute Gasteiger partial charge is 0.454 e. The van der Waals surface area contributed by atoms with Gasteiger partial charge in [-0.3, -0.25) is 4.79 Å². The van der Waals surface area contributed by atoms with E-state index in [9.17, 15) is 9.59 Å². The summed E-state index contributed by atoms with van der Waals surface area (Å²) >= 11 is 11.7. The maximum atomic E-state index is 11.9. The number of benzene rings is 2. The van der Waals surface area contributed by atoms with Crippen LogP contribution in [0, 0.1) is 0 Å². The van der Waals surface area contributed by atoms with E-state index in [4.69, 9.17) is 37.4 Å². The van der Waals surface area contributed by atoms with Gasteiger partial charge in [-0.05, 0) is 35.9 Å². The summed E-state index contributed by atoms with van der Waals surface area (Å²) in [5.41, 5.74) is 0.944. The summed E-state index contributed by atoms with van der Waals surface area (Å²) < 4.78 is 15.4. The first-order valence-corrected chi connectivity index (χ1v) is 8.06. The molecule has 2 aromatic carbocycles. The number of carbonyl (C=O) groups excluding carboxylic acids is 2. The molecule has 0 saturated heterocycles. The molecule has 1 amide bonds. The molecule has 130 valence electrons. The predicted octanol–water partition coefficient (Wildman–Crippen LogP) is 3.20. The number of rotatable bonds is 5. The first-order chi connectivity index (χ1) is 12.0. The fourth-order valence-corrected chi connectivity index (χ4v) is 2.53. The molecule has 0 atom stereocenters. The highest BCUT2D eigenvalue weighted by Gasteiger charge is 2.15. The quantitative estimate of drug-likeness (QED) is 0.804. The minimum absolute atomic E-state index is 0.109. The van der Waals surface area contributed by atoms with E-state index in [2.05, 4.69) is 5.32 Å². The fraction of sp³-hybridized carbons (Fsp3) is 0.176. The molecule has 0 unspecified atom stereocenters. The van der Waals surface area contributed by atoms with E-state index in [-0.39, 0.29) is 23.9 Å². The highest BCUT2D eigenvalue weighted by Crippen LogP contribution is 2.32. The van der Waals surface area contributed by atoms with Crippen LogP contribution in [-0.2, 0) is 16.1 Å². The highest BCUT2D eigenvalue weighted by molar-refractivity contribution is 6.35. The molecule has 1 N–H and O–H groups in total. The second-order valence-electron chi connectivity index (χ2n) is 5.16. The summed E-state index contributed by atoms with van der Waals surface area (Å²) in [7, 11) is 0. The highest BCUT2D eigenvalue weighted by atomic mass is 35.5. The summed E-state index contributed by atoms with van der Waals surface area (Å²) in [4.78, 5) is 23.8. The molecule has 1 aliphatic rings. The van der Waals surface area contributed by atoms with E-state index in [0.29, 0.717) is 16.5 Å². The van der Waals surface area contributed by atoms with Crippen molar-refractivity contribution in [1.82, 2.24) is 5.32 Å². The van der Waals surface area contributed by atoms with Crippen molar-refractivity contribution in [1.29, 1.82) is 0 Å². The van der Waals surface area contributed by atoms with Crippen LogP contribution >= 0.6 is 23.2 Å². The Morgan fingerprint density at radius 3 is 2.72 bits per heavy atom. The number of hydrogen-bond donors (Lipinski definition) is 1. The van der Waals surface area contributed by atoms with Crippen LogP contribution < -0.4 is 14.8 Å². The topological polar surface area (TPSA) is 73.9 Å². The summed E-state index contributed by atoms with van der Waals surface area (Å²) in [5, 5.41) is 3.21. The van der Waals surface area contributed by atoms with Crippen LogP contribution in [0.3, 0.4) is 0 Å². The van der Waals surface area contributed by atoms with Gasteiger partial charge in [0.05, 0.1) is 10.6 Å². The van der Waals surface area contributed by atoms with Gasteiger partial charge < -0.3 is 19.5 Å². The molecular formula is C17H13Cl2NO5. The molecule has 0 fully saturated rings. The Morgan fingerprint density at radius 2 is 1.88 bits per heavy atom. The monoisotopic (exact) mass is 381 g/mol. The summed E-state index contributed by atoms with van der Waals surface area (Å²) in [6.07, 6.45) is 0. The zero-order valence-electron chi connectivity index (χ0n) is 12.9. The number of carbonyl (C=O) groups is 2. The SMILES string of the molecule is O=C(COC(=O)c1cc(Cl)ccc1Cl)NCc1ccc2c(c1)OCO2. The van der Waals surface area contributed by atoms with Crippen molar-refractivity contribution in [3.8, 4) is 11.5 Å². The molecule has 0 bridgehead atoms. The van der Waals surface area contributed by atoms with Crippen molar-refractivity contribution in [3.05, 3.63) is 57.6 Å². The Balaban J connectivity index is 1.49. The molecule has 1 aliphatic heterocycles. The number of fused-ring (bicyclic) bond motifs is 1. The first-order valence-electron chi connectivity index (χ1n) is 7.30. The van der Waals surface area contributed by atoms with Crippen molar-refractivity contribution in [2.75, 3.05) is 13.4 Å². The number of hydrogen-bond acceptors (Lipinski definition) is 5. The maximum Gasteiger partial charge on any atom is 0.340 e. The lowest BCUT2D eigenvalue weighted by molar-refractivity contribution is -0.124. The van der Waals surface area contributed by atoms with Crippen LogP contribution in [0.2, 0.25) is 10.0 Å². The van der Waals surface area contributed by atoms with Crippen LogP contribution in [0.25, 0.3) is 0 Å². The third-order valence-electron chi connectivity index (χ3n) is 3.41. The van der Waals surface area contributed by atoms with E-state index in [0.717, 1.165) is 5.56 Å². The Hall–Kier alpha value is -2.44. The number of esters is 1. The number of nitrogens with one attached hydrogen (secondary N) is 1. The number of amides is 1. The van der Waals surface area contributed by atoms with Crippen molar-refractivity contribution in [2.45, 2.75) is 6.54 Å². The molecule has 8 heteroatoms. The number of ether oxygens (including phenoxy) is 3. The van der Waals surface area contributed by atoms with E-state index in [1.165, 1.54) is 12.1 Å². The van der Waals surface area contributed by atoms with Gasteiger partial charge in [0.2, 0.25) is 6.79 Å². The molecule has 6 nitrogen and oxygen atoms in total. The van der Waals surface area contributed by atoms with Crippen molar-refractivity contribution in [3.63, 3.8) is 0 Å². The molecule has 0 saturated carbocycles. The molecule has 3 rings (SSSR count). The first kappa shape index (κ1) is 17.4. The third-order valence-corrected chi connectivity index (χ3v) is 3.97. The Bertz CT molecular complexity index is 825. The van der Waals surface area contributed by atoms with Crippen molar-refractivity contribution >= 4 is 35.1 Å². The summed E-state index contributed by atoms with van der Waals surface area (Å²) in [5.74, 6) is 0.145. The summed E-state index contributed by atoms with van der Waals surface area (Å²) in [6, 6.07) is 9.78. The molecule has 0 radical (unpaired) electrons. The lowest BCUT2D eigenvalue weighted by Crippen LogP contribution is -2.28. The van der Waals surface area contributed by atoms with Crippen LogP contribution in [0.4, 0.5) is 0 Å². The smallest absolute Gasteiger partial charge is 0.340 e. The minimum atomic E-state index is -0.717. The van der Waals surface area contributed by atoms with Crippen LogP contribution in [0.5, 0.6) is 11.5 Å². The van der Waals surface area contributed by atoms with E-state index < -0.39 is 18.5 Å². The van der Waals surface area contributed by atoms with Crippen molar-refractivity contribution < 1.29 is 23.8 Å². The lowest BCUT2D eigenvalue weighted by atomic mass is 10.2. The standard InChI is InChI=1S/C17H13Cl2NO5/c18-11-2-3-13(19)12(6-11)17(22)23-8-16(21)20-7-10-1-4-14-15(5-10)25-9-24-14/h1-6H,7-9H2,(H,20,21). The average molecular weight is 382 g/mol. The molecule has 0 spiro atoms. The predicted molar refractivity (Wildman–Crippen MR) is 91.2 cm³/mol. The normalized spacial score (nSPS) is 11.9. The van der Waals surface area contributed by atoms with Crippen LogP contribution in [0.15, 0.2) is 36.4 Å². The van der Waals surface area contributed by atoms with E-state index in [1.54, 1.807) is 18.2 Å². The zero-order chi connectivity index (χ0) is 17.8. The fourth-order valence-electron chi connectivity index (χ4n) is 2.17.